The van der Waals surface area contributed by atoms with Crippen molar-refractivity contribution >= 4 is 21.6 Å². The summed E-state index contributed by atoms with van der Waals surface area (Å²) in [5, 5.41) is 1.08. The first-order valence-corrected chi connectivity index (χ1v) is 6.46. The Kier molecular flexibility index (Phi) is 5.01. The third-order valence-corrected chi connectivity index (χ3v) is 3.66. The molecule has 0 unspecified atom stereocenters. The smallest absolute Gasteiger partial charge is 0.106 e. The molecule has 0 aliphatic heterocycles. The summed E-state index contributed by atoms with van der Waals surface area (Å²) < 4.78 is 0. The van der Waals surface area contributed by atoms with E-state index in [1.807, 2.05) is 35.2 Å². The van der Waals surface area contributed by atoms with Gasteiger partial charge >= 0.3 is 0 Å². The second-order valence-electron chi connectivity index (χ2n) is 2.78. The summed E-state index contributed by atoms with van der Waals surface area (Å²) in [6.07, 6.45) is 2.91. The fourth-order valence-electron chi connectivity index (χ4n) is 0.714. The molecule has 1 rings (SSSR count). The van der Waals surface area contributed by atoms with Crippen LogP contribution in [0.1, 0.15) is 13.3 Å². The third-order valence-electron chi connectivity index (χ3n) is 1.39. The average molecular weight is 211 g/mol. The maximum Gasteiger partial charge on any atom is 0.106 e. The summed E-state index contributed by atoms with van der Waals surface area (Å²) >= 11 is 0. The Hall–Kier alpha value is -0.410. The van der Waals surface area contributed by atoms with Crippen LogP contribution in [0.2, 0.25) is 0 Å². The van der Waals surface area contributed by atoms with E-state index in [4.69, 9.17) is 0 Å². The van der Waals surface area contributed by atoms with Crippen LogP contribution in [0.3, 0.4) is 0 Å². The highest BCUT2D eigenvalue weighted by molar-refractivity contribution is 8.76. The van der Waals surface area contributed by atoms with E-state index in [0.29, 0.717) is 0 Å². The molecule has 0 aliphatic carbocycles. The Labute approximate surface area is 87.4 Å². The van der Waals surface area contributed by atoms with Crippen molar-refractivity contribution in [2.45, 2.75) is 18.4 Å². The number of allylic oxidation sites excluding steroid dienone is 1. The summed E-state index contributed by atoms with van der Waals surface area (Å²) in [7, 11) is 3.55. The highest BCUT2D eigenvalue weighted by Crippen LogP contribution is 2.29. The van der Waals surface area contributed by atoms with Gasteiger partial charge in [0.1, 0.15) is 5.03 Å². The molecular weight excluding hydrogens is 198 g/mol. The number of hydrogen-bond donors (Lipinski definition) is 0. The van der Waals surface area contributed by atoms with E-state index in [9.17, 15) is 0 Å². The molecule has 0 N–H and O–H groups in total. The first-order chi connectivity index (χ1) is 6.29. The summed E-state index contributed by atoms with van der Waals surface area (Å²) in [6.45, 7) is 5.92. The Morgan fingerprint density at radius 2 is 2.38 bits per heavy atom. The minimum atomic E-state index is 1.08. The van der Waals surface area contributed by atoms with Crippen LogP contribution in [0.15, 0.2) is 41.6 Å². The van der Waals surface area contributed by atoms with Gasteiger partial charge in [-0.05, 0) is 36.3 Å². The molecular formula is C10H13NS2. The van der Waals surface area contributed by atoms with E-state index < -0.39 is 0 Å². The molecule has 0 aromatic carbocycles. The van der Waals surface area contributed by atoms with Crippen molar-refractivity contribution in [2.24, 2.45) is 0 Å². The van der Waals surface area contributed by atoms with Crippen LogP contribution in [0.25, 0.3) is 0 Å². The quantitative estimate of drug-likeness (QED) is 0.418. The summed E-state index contributed by atoms with van der Waals surface area (Å²) in [5.41, 5.74) is 1.24. The standard InChI is InChI=1S/C10H13NS2/c1-9(2)6-8-12-13-10-5-3-4-7-11-10/h3-5,7H,1,6,8H2,2H3. The summed E-state index contributed by atoms with van der Waals surface area (Å²) in [5.74, 6) is 1.11. The highest BCUT2D eigenvalue weighted by Gasteiger charge is 1.94. The fourth-order valence-corrected chi connectivity index (χ4v) is 2.75. The number of nitrogens with zero attached hydrogens (tertiary/aromatic N) is 1. The van der Waals surface area contributed by atoms with Gasteiger partial charge < -0.3 is 0 Å². The molecule has 0 bridgehead atoms. The molecule has 0 amide bonds. The molecule has 0 atom stereocenters. The second kappa shape index (κ2) is 6.11. The monoisotopic (exact) mass is 211 g/mol. The Bertz CT molecular complexity index is 259. The molecule has 0 saturated carbocycles. The lowest BCUT2D eigenvalue weighted by atomic mass is 10.3. The molecule has 0 fully saturated rings. The average Bonchev–Trinajstić information content (AvgIpc) is 2.14. The van der Waals surface area contributed by atoms with E-state index in [1.54, 1.807) is 10.8 Å². The maximum absolute atomic E-state index is 4.22. The molecule has 0 saturated heterocycles. The number of rotatable bonds is 5. The molecule has 0 aliphatic rings. The van der Waals surface area contributed by atoms with Gasteiger partial charge in [-0.1, -0.05) is 22.4 Å². The van der Waals surface area contributed by atoms with Gasteiger partial charge in [-0.3, -0.25) is 0 Å². The Morgan fingerprint density at radius 1 is 1.54 bits per heavy atom. The normalized spacial score (nSPS) is 9.92. The first-order valence-electron chi connectivity index (χ1n) is 4.14. The number of pyridine rings is 1. The van der Waals surface area contributed by atoms with Crippen molar-refractivity contribution in [2.75, 3.05) is 5.75 Å². The molecule has 1 aromatic rings. The van der Waals surface area contributed by atoms with Crippen molar-refractivity contribution < 1.29 is 0 Å². The van der Waals surface area contributed by atoms with Crippen molar-refractivity contribution in [1.82, 2.24) is 4.98 Å². The largest absolute Gasteiger partial charge is 0.249 e. The van der Waals surface area contributed by atoms with Gasteiger partial charge in [0, 0.05) is 11.9 Å². The van der Waals surface area contributed by atoms with Crippen LogP contribution in [0, 0.1) is 0 Å². The van der Waals surface area contributed by atoms with Gasteiger partial charge in [-0.2, -0.15) is 0 Å². The van der Waals surface area contributed by atoms with E-state index in [2.05, 4.69) is 18.5 Å². The number of aromatic nitrogens is 1. The van der Waals surface area contributed by atoms with Gasteiger partial charge in [-0.25, -0.2) is 4.98 Å². The topological polar surface area (TPSA) is 12.9 Å². The Balaban J connectivity index is 2.17. The van der Waals surface area contributed by atoms with Crippen molar-refractivity contribution in [3.8, 4) is 0 Å². The predicted octanol–water partition coefficient (Wildman–Crippen LogP) is 3.79. The molecule has 3 heteroatoms. The maximum atomic E-state index is 4.22. The first kappa shape index (κ1) is 10.7. The zero-order valence-electron chi connectivity index (χ0n) is 7.69. The minimum Gasteiger partial charge on any atom is -0.249 e. The van der Waals surface area contributed by atoms with Gasteiger partial charge in [0.25, 0.3) is 0 Å². The van der Waals surface area contributed by atoms with Crippen LogP contribution in [0.4, 0.5) is 0 Å². The van der Waals surface area contributed by atoms with Gasteiger partial charge in [0.2, 0.25) is 0 Å². The van der Waals surface area contributed by atoms with E-state index in [1.165, 1.54) is 5.57 Å². The van der Waals surface area contributed by atoms with E-state index in [0.717, 1.165) is 17.2 Å². The minimum absolute atomic E-state index is 1.08. The lowest BCUT2D eigenvalue weighted by Gasteiger charge is -1.99. The summed E-state index contributed by atoms with van der Waals surface area (Å²) in [6, 6.07) is 5.97. The van der Waals surface area contributed by atoms with E-state index in [-0.39, 0.29) is 0 Å². The van der Waals surface area contributed by atoms with Gasteiger partial charge in [0.15, 0.2) is 0 Å². The van der Waals surface area contributed by atoms with Crippen LogP contribution in [0.5, 0.6) is 0 Å². The molecule has 0 spiro atoms. The molecule has 1 aromatic heterocycles. The van der Waals surface area contributed by atoms with Crippen molar-refractivity contribution in [3.05, 3.63) is 36.5 Å². The molecule has 70 valence electrons. The molecule has 1 nitrogen and oxygen atoms in total. The highest BCUT2D eigenvalue weighted by atomic mass is 33.1. The zero-order valence-corrected chi connectivity index (χ0v) is 9.33. The van der Waals surface area contributed by atoms with Crippen LogP contribution in [-0.4, -0.2) is 10.7 Å². The second-order valence-corrected chi connectivity index (χ2v) is 5.22. The van der Waals surface area contributed by atoms with Crippen molar-refractivity contribution in [3.63, 3.8) is 0 Å². The molecule has 0 radical (unpaired) electrons. The van der Waals surface area contributed by atoms with Gasteiger partial charge in [-0.15, -0.1) is 6.58 Å². The Morgan fingerprint density at radius 3 is 3.00 bits per heavy atom. The van der Waals surface area contributed by atoms with Gasteiger partial charge in [0.05, 0.1) is 0 Å². The predicted molar refractivity (Wildman–Crippen MR) is 62.0 cm³/mol. The SMILES string of the molecule is C=C(C)CCSSc1ccccn1. The molecule has 1 heterocycles. The van der Waals surface area contributed by atoms with Crippen LogP contribution >= 0.6 is 21.6 Å². The third kappa shape index (κ3) is 5.01. The molecule has 13 heavy (non-hydrogen) atoms. The van der Waals surface area contributed by atoms with E-state index >= 15 is 0 Å². The fraction of sp³-hybridized carbons (Fsp3) is 0.300. The number of hydrogen-bond acceptors (Lipinski definition) is 3. The zero-order chi connectivity index (χ0) is 9.52. The van der Waals surface area contributed by atoms with Crippen molar-refractivity contribution in [1.29, 1.82) is 0 Å². The lowest BCUT2D eigenvalue weighted by Crippen LogP contribution is -1.78. The summed E-state index contributed by atoms with van der Waals surface area (Å²) in [4.78, 5) is 4.22. The van der Waals surface area contributed by atoms with Crippen LogP contribution in [-0.2, 0) is 0 Å². The lowest BCUT2D eigenvalue weighted by molar-refractivity contribution is 1.13. The van der Waals surface area contributed by atoms with Crippen LogP contribution < -0.4 is 0 Å².